The predicted molar refractivity (Wildman–Crippen MR) is 107 cm³/mol. The van der Waals surface area contributed by atoms with Gasteiger partial charge >= 0.3 is 5.97 Å². The second kappa shape index (κ2) is 7.03. The number of allylic oxidation sites excluding steroid dienone is 1. The van der Waals surface area contributed by atoms with E-state index in [-0.39, 0.29) is 12.0 Å². The summed E-state index contributed by atoms with van der Waals surface area (Å²) in [6, 6.07) is 14.1. The van der Waals surface area contributed by atoms with Crippen molar-refractivity contribution in [2.24, 2.45) is 9.98 Å². The van der Waals surface area contributed by atoms with Crippen molar-refractivity contribution in [1.82, 2.24) is 4.90 Å². The summed E-state index contributed by atoms with van der Waals surface area (Å²) < 4.78 is 6.07. The van der Waals surface area contributed by atoms with E-state index < -0.39 is 6.04 Å². The number of fused-ring (bicyclic) bond motifs is 2. The van der Waals surface area contributed by atoms with Crippen molar-refractivity contribution in [2.75, 3.05) is 6.61 Å². The average molecular weight is 412 g/mol. The minimum Gasteiger partial charge on any atom is -0.464 e. The molecular formula is C20H18BrN3O2. The number of benzene rings is 2. The number of nitrogens with zero attached hydrogens (tertiary/aromatic N) is 3. The first-order chi connectivity index (χ1) is 12.7. The number of carbonyl (C=O) groups is 1. The largest absolute Gasteiger partial charge is 0.464 e. The van der Waals surface area contributed by atoms with Gasteiger partial charge in [-0.2, -0.15) is 0 Å². The third-order valence-electron chi connectivity index (χ3n) is 4.57. The smallest absolute Gasteiger partial charge is 0.331 e. The summed E-state index contributed by atoms with van der Waals surface area (Å²) in [6.07, 6.45) is 4.21. The van der Waals surface area contributed by atoms with Gasteiger partial charge in [0.25, 0.3) is 0 Å². The van der Waals surface area contributed by atoms with Crippen LogP contribution in [0.5, 0.6) is 0 Å². The Hall–Kier alpha value is -2.47. The van der Waals surface area contributed by atoms with Crippen LogP contribution < -0.4 is 0 Å². The molecule has 0 saturated carbocycles. The molecule has 0 aromatic heterocycles. The number of ether oxygens (including phenoxy) is 1. The zero-order valence-corrected chi connectivity index (χ0v) is 15.9. The van der Waals surface area contributed by atoms with Gasteiger partial charge in [0.2, 0.25) is 5.96 Å². The van der Waals surface area contributed by atoms with Crippen LogP contribution in [0.15, 0.2) is 63.1 Å². The summed E-state index contributed by atoms with van der Waals surface area (Å²) in [4.78, 5) is 23.2. The number of hydrogen-bond acceptors (Lipinski definition) is 5. The highest BCUT2D eigenvalue weighted by Crippen LogP contribution is 2.35. The first-order valence-corrected chi connectivity index (χ1v) is 9.38. The van der Waals surface area contributed by atoms with Crippen LogP contribution in [0.25, 0.3) is 10.8 Å². The van der Waals surface area contributed by atoms with E-state index in [1.165, 1.54) is 10.8 Å². The highest BCUT2D eigenvalue weighted by atomic mass is 79.9. The van der Waals surface area contributed by atoms with Crippen LogP contribution in [0.2, 0.25) is 0 Å². The van der Waals surface area contributed by atoms with Crippen LogP contribution in [-0.4, -0.2) is 35.7 Å². The molecule has 2 atom stereocenters. The average Bonchev–Trinajstić information content (AvgIpc) is 2.67. The lowest BCUT2D eigenvalue weighted by Crippen LogP contribution is -2.41. The fourth-order valence-electron chi connectivity index (χ4n) is 3.36. The topological polar surface area (TPSA) is 54.3 Å². The molecule has 132 valence electrons. The van der Waals surface area contributed by atoms with Crippen molar-refractivity contribution in [3.63, 3.8) is 0 Å². The van der Waals surface area contributed by atoms with Crippen molar-refractivity contribution in [3.05, 3.63) is 58.7 Å². The molecule has 2 aromatic rings. The zero-order valence-electron chi connectivity index (χ0n) is 14.3. The molecule has 6 heteroatoms. The lowest BCUT2D eigenvalue weighted by atomic mass is 9.94. The zero-order chi connectivity index (χ0) is 18.1. The molecule has 0 radical (unpaired) electrons. The molecule has 0 aliphatic carbocycles. The molecule has 26 heavy (non-hydrogen) atoms. The number of rotatable bonds is 3. The molecule has 2 aliphatic rings. The maximum absolute atomic E-state index is 12.3. The third-order valence-corrected chi connectivity index (χ3v) is 4.98. The van der Waals surface area contributed by atoms with Crippen LogP contribution in [0.4, 0.5) is 0 Å². The van der Waals surface area contributed by atoms with Gasteiger partial charge in [0.1, 0.15) is 0 Å². The van der Waals surface area contributed by atoms with E-state index in [1.54, 1.807) is 13.1 Å². The van der Waals surface area contributed by atoms with Gasteiger partial charge in [0.15, 0.2) is 6.04 Å². The monoisotopic (exact) mass is 411 g/mol. The molecule has 0 fully saturated rings. The highest BCUT2D eigenvalue weighted by Gasteiger charge is 2.35. The van der Waals surface area contributed by atoms with E-state index in [4.69, 9.17) is 4.74 Å². The number of halogens is 1. The molecule has 0 bridgehead atoms. The number of carbonyl (C=O) groups excluding carboxylic acids is 1. The molecule has 2 aromatic carbocycles. The Kier molecular flexibility index (Phi) is 4.59. The fraction of sp³-hybridized carbons (Fsp3) is 0.250. The lowest BCUT2D eigenvalue weighted by molar-refractivity contribution is -0.145. The van der Waals surface area contributed by atoms with Gasteiger partial charge in [0, 0.05) is 18.8 Å². The third kappa shape index (κ3) is 3.17. The van der Waals surface area contributed by atoms with Gasteiger partial charge in [-0.1, -0.05) is 36.4 Å². The first kappa shape index (κ1) is 17.0. The summed E-state index contributed by atoms with van der Waals surface area (Å²) in [6.45, 7) is 2.15. The van der Waals surface area contributed by atoms with Crippen LogP contribution in [0.1, 0.15) is 24.9 Å². The number of guanidine groups is 1. The maximum Gasteiger partial charge on any atom is 0.331 e. The predicted octanol–water partition coefficient (Wildman–Crippen LogP) is 4.20. The van der Waals surface area contributed by atoms with Gasteiger partial charge < -0.3 is 9.64 Å². The van der Waals surface area contributed by atoms with Crippen molar-refractivity contribution >= 4 is 44.8 Å². The normalized spacial score (nSPS) is 21.8. The second-order valence-corrected chi connectivity index (χ2v) is 7.15. The fourth-order valence-corrected chi connectivity index (χ4v) is 3.68. The molecule has 0 saturated heterocycles. The molecule has 0 N–H and O–H groups in total. The van der Waals surface area contributed by atoms with E-state index in [0.717, 1.165) is 10.0 Å². The van der Waals surface area contributed by atoms with E-state index in [9.17, 15) is 4.79 Å². The summed E-state index contributed by atoms with van der Waals surface area (Å²) >= 11 is 3.48. The summed E-state index contributed by atoms with van der Waals surface area (Å²) in [7, 11) is 0. The quantitative estimate of drug-likeness (QED) is 0.711. The molecule has 5 nitrogen and oxygen atoms in total. The Bertz CT molecular complexity index is 951. The molecular weight excluding hydrogens is 394 g/mol. The van der Waals surface area contributed by atoms with Gasteiger partial charge in [-0.05, 0) is 45.3 Å². The lowest BCUT2D eigenvalue weighted by Gasteiger charge is -2.37. The van der Waals surface area contributed by atoms with Crippen LogP contribution in [0, 0.1) is 0 Å². The van der Waals surface area contributed by atoms with Gasteiger partial charge in [-0.15, -0.1) is 0 Å². The highest BCUT2D eigenvalue weighted by molar-refractivity contribution is 9.12. The van der Waals surface area contributed by atoms with Crippen molar-refractivity contribution in [2.45, 2.75) is 25.4 Å². The number of esters is 1. The second-order valence-electron chi connectivity index (χ2n) is 6.23. The van der Waals surface area contributed by atoms with E-state index >= 15 is 0 Å². The molecule has 2 aliphatic heterocycles. The Labute approximate surface area is 160 Å². The Morgan fingerprint density at radius 2 is 2.08 bits per heavy atom. The van der Waals surface area contributed by atoms with E-state index in [0.29, 0.717) is 19.0 Å². The van der Waals surface area contributed by atoms with Crippen molar-refractivity contribution in [1.29, 1.82) is 0 Å². The van der Waals surface area contributed by atoms with Gasteiger partial charge in [0.05, 0.1) is 17.1 Å². The van der Waals surface area contributed by atoms with E-state index in [1.807, 2.05) is 23.2 Å². The first-order valence-electron chi connectivity index (χ1n) is 8.58. The minimum absolute atomic E-state index is 0.0356. The number of hydrogen-bond donors (Lipinski definition) is 0. The maximum atomic E-state index is 12.3. The summed E-state index contributed by atoms with van der Waals surface area (Å²) in [5.74, 6) is 0.241. The SMILES string of the molecule is CCOC(=O)C1CC(c2ccc3ccccc3c2)N2C=C(Br)C=NC2=N1. The van der Waals surface area contributed by atoms with Gasteiger partial charge in [-0.25, -0.2) is 14.8 Å². The molecule has 0 amide bonds. The standard InChI is InChI=1S/C20H18BrN3O2/c1-2-26-19(25)17-10-18(24-12-16(21)11-22-20(24)23-17)15-8-7-13-5-3-4-6-14(13)9-15/h3-9,11-12,17-18H,2,10H2,1H3. The Morgan fingerprint density at radius 1 is 1.27 bits per heavy atom. The summed E-state index contributed by atoms with van der Waals surface area (Å²) in [5, 5.41) is 2.36. The van der Waals surface area contributed by atoms with Crippen molar-refractivity contribution in [3.8, 4) is 0 Å². The molecule has 4 rings (SSSR count). The molecule has 0 spiro atoms. The minimum atomic E-state index is -0.542. The van der Waals surface area contributed by atoms with Crippen LogP contribution >= 0.6 is 15.9 Å². The number of aliphatic imine (C=N–C) groups is 2. The molecule has 2 unspecified atom stereocenters. The summed E-state index contributed by atoms with van der Waals surface area (Å²) in [5.41, 5.74) is 1.12. The van der Waals surface area contributed by atoms with Gasteiger partial charge in [-0.3, -0.25) is 0 Å². The Balaban J connectivity index is 1.75. The Morgan fingerprint density at radius 3 is 2.88 bits per heavy atom. The van der Waals surface area contributed by atoms with Crippen LogP contribution in [0.3, 0.4) is 0 Å². The molecule has 2 heterocycles. The van der Waals surface area contributed by atoms with E-state index in [2.05, 4.69) is 56.2 Å². The van der Waals surface area contributed by atoms with Crippen LogP contribution in [-0.2, 0) is 9.53 Å². The van der Waals surface area contributed by atoms with Crippen molar-refractivity contribution < 1.29 is 9.53 Å².